The highest BCUT2D eigenvalue weighted by Crippen LogP contribution is 2.44. The van der Waals surface area contributed by atoms with Crippen LogP contribution in [-0.2, 0) is 16.2 Å². The normalized spacial score (nSPS) is 15.2. The molecule has 1 aliphatic heterocycles. The Morgan fingerprint density at radius 2 is 1.71 bits per heavy atom. The summed E-state index contributed by atoms with van der Waals surface area (Å²) in [7, 11) is -4.15. The second-order valence-corrected chi connectivity index (χ2v) is 11.3. The molecule has 0 saturated carbocycles. The largest absolute Gasteiger partial charge is 0.493 e. The van der Waals surface area contributed by atoms with Gasteiger partial charge in [0.15, 0.2) is 5.82 Å². The lowest BCUT2D eigenvalue weighted by atomic mass is 9.82. The molecule has 41 heavy (non-hydrogen) atoms. The van der Waals surface area contributed by atoms with Crippen molar-refractivity contribution in [1.29, 1.82) is 0 Å². The zero-order chi connectivity index (χ0) is 29.4. The average molecular weight is 589 g/mol. The Balaban J connectivity index is 1.53. The summed E-state index contributed by atoms with van der Waals surface area (Å²) < 4.78 is 93.5. The molecule has 5 rings (SSSR count). The van der Waals surface area contributed by atoms with Crippen molar-refractivity contribution in [2.24, 2.45) is 0 Å². The van der Waals surface area contributed by atoms with Crippen molar-refractivity contribution in [3.05, 3.63) is 89.6 Å². The van der Waals surface area contributed by atoms with Crippen LogP contribution in [0, 0.1) is 5.82 Å². The number of alkyl halides is 3. The Morgan fingerprint density at radius 3 is 2.37 bits per heavy atom. The number of anilines is 1. The third-order valence-electron chi connectivity index (χ3n) is 6.34. The van der Waals surface area contributed by atoms with Gasteiger partial charge in [0.2, 0.25) is 11.8 Å². The molecule has 214 valence electrons. The highest BCUT2D eigenvalue weighted by Gasteiger charge is 2.33. The van der Waals surface area contributed by atoms with Gasteiger partial charge in [0.05, 0.1) is 35.6 Å². The molecule has 2 aromatic carbocycles. The average Bonchev–Trinajstić information content (AvgIpc) is 2.93. The summed E-state index contributed by atoms with van der Waals surface area (Å²) >= 11 is 0. The first-order valence-electron chi connectivity index (χ1n) is 12.5. The fourth-order valence-corrected chi connectivity index (χ4v) is 5.51. The zero-order valence-corrected chi connectivity index (χ0v) is 22.6. The summed E-state index contributed by atoms with van der Waals surface area (Å²) in [5.41, 5.74) is 1.23. The number of aromatic nitrogens is 3. The summed E-state index contributed by atoms with van der Waals surface area (Å²) in [6.07, 6.45) is -1.11. The molecule has 1 atom stereocenters. The standard InChI is InChI=1S/C28H24F4N4O4S/c1-16(2)40-26-8-3-17(13-33-26)24-11-18(28(30,31)32)4-6-21(24)22-9-10-39-25-12-20(5-7-23(22)25)41(37,38)36-27-34-14-19(29)15-35-27/h3-8,11-16,22H,9-10H2,1-2H3,(H,34,35,36). The van der Waals surface area contributed by atoms with Gasteiger partial charge in [-0.05, 0) is 55.7 Å². The number of hydrogen-bond donors (Lipinski definition) is 1. The van der Waals surface area contributed by atoms with Crippen molar-refractivity contribution < 1.29 is 35.5 Å². The van der Waals surface area contributed by atoms with Gasteiger partial charge >= 0.3 is 6.18 Å². The van der Waals surface area contributed by atoms with E-state index in [9.17, 15) is 26.0 Å². The number of sulfonamides is 1. The molecule has 1 unspecified atom stereocenters. The third kappa shape index (κ3) is 6.24. The van der Waals surface area contributed by atoms with Gasteiger partial charge in [-0.3, -0.25) is 0 Å². The molecular weight excluding hydrogens is 564 g/mol. The fourth-order valence-electron chi connectivity index (χ4n) is 4.54. The first kappa shape index (κ1) is 28.3. The minimum atomic E-state index is -4.56. The van der Waals surface area contributed by atoms with Crippen LogP contribution in [0.2, 0.25) is 0 Å². The van der Waals surface area contributed by atoms with Crippen molar-refractivity contribution in [3.63, 3.8) is 0 Å². The molecular formula is C28H24F4N4O4S. The van der Waals surface area contributed by atoms with Gasteiger partial charge in [0, 0.05) is 35.4 Å². The molecule has 0 radical (unpaired) electrons. The van der Waals surface area contributed by atoms with Crippen molar-refractivity contribution in [2.45, 2.75) is 43.4 Å². The molecule has 2 aromatic heterocycles. The predicted octanol–water partition coefficient (Wildman–Crippen LogP) is 6.20. The number of ether oxygens (including phenoxy) is 2. The first-order valence-corrected chi connectivity index (χ1v) is 14.0. The Hall–Kier alpha value is -4.26. The van der Waals surface area contributed by atoms with E-state index in [0.29, 0.717) is 34.6 Å². The maximum absolute atomic E-state index is 13.7. The van der Waals surface area contributed by atoms with Crippen molar-refractivity contribution in [3.8, 4) is 22.8 Å². The maximum atomic E-state index is 13.7. The minimum absolute atomic E-state index is 0.122. The number of benzene rings is 2. The number of fused-ring (bicyclic) bond motifs is 1. The van der Waals surface area contributed by atoms with Crippen LogP contribution in [0.3, 0.4) is 0 Å². The lowest BCUT2D eigenvalue weighted by Crippen LogP contribution is -2.19. The number of nitrogens with zero attached hydrogens (tertiary/aromatic N) is 3. The van der Waals surface area contributed by atoms with E-state index in [1.807, 2.05) is 13.8 Å². The zero-order valence-electron chi connectivity index (χ0n) is 21.8. The van der Waals surface area contributed by atoms with Crippen molar-refractivity contribution in [2.75, 3.05) is 11.3 Å². The quantitative estimate of drug-likeness (QED) is 0.257. The smallest absolute Gasteiger partial charge is 0.416 e. The van der Waals surface area contributed by atoms with E-state index in [1.165, 1.54) is 24.4 Å². The van der Waals surface area contributed by atoms with Gasteiger partial charge in [0.1, 0.15) is 5.75 Å². The molecule has 0 amide bonds. The second-order valence-electron chi connectivity index (χ2n) is 9.57. The van der Waals surface area contributed by atoms with E-state index >= 15 is 0 Å². The highest BCUT2D eigenvalue weighted by atomic mass is 32.2. The van der Waals surface area contributed by atoms with Crippen LogP contribution in [-0.4, -0.2) is 36.1 Å². The Morgan fingerprint density at radius 1 is 0.976 bits per heavy atom. The number of pyridine rings is 1. The van der Waals surface area contributed by atoms with E-state index in [4.69, 9.17) is 9.47 Å². The molecule has 0 spiro atoms. The van der Waals surface area contributed by atoms with Crippen molar-refractivity contribution >= 4 is 16.0 Å². The van der Waals surface area contributed by atoms with Crippen LogP contribution in [0.25, 0.3) is 11.1 Å². The summed E-state index contributed by atoms with van der Waals surface area (Å²) in [4.78, 5) is 11.3. The fraction of sp³-hybridized carbons (Fsp3) is 0.250. The van der Waals surface area contributed by atoms with Gasteiger partial charge in [-0.2, -0.15) is 13.2 Å². The lowest BCUT2D eigenvalue weighted by molar-refractivity contribution is -0.137. The number of rotatable bonds is 7. The van der Waals surface area contributed by atoms with Crippen LogP contribution in [0.15, 0.2) is 72.0 Å². The van der Waals surface area contributed by atoms with Crippen LogP contribution < -0.4 is 14.2 Å². The van der Waals surface area contributed by atoms with Crippen molar-refractivity contribution in [1.82, 2.24) is 15.0 Å². The van der Waals surface area contributed by atoms with E-state index < -0.39 is 33.5 Å². The minimum Gasteiger partial charge on any atom is -0.493 e. The summed E-state index contributed by atoms with van der Waals surface area (Å²) in [6, 6.07) is 11.1. The Kier molecular flexibility index (Phi) is 7.56. The summed E-state index contributed by atoms with van der Waals surface area (Å²) in [6.45, 7) is 3.88. The van der Waals surface area contributed by atoms with Crippen LogP contribution in [0.1, 0.15) is 42.9 Å². The number of nitrogens with one attached hydrogen (secondary N) is 1. The molecule has 1 aliphatic rings. The topological polar surface area (TPSA) is 103 Å². The van der Waals surface area contributed by atoms with Gasteiger partial charge in [0.25, 0.3) is 10.0 Å². The lowest BCUT2D eigenvalue weighted by Gasteiger charge is -2.29. The van der Waals surface area contributed by atoms with Crippen LogP contribution >= 0.6 is 0 Å². The van der Waals surface area contributed by atoms with E-state index in [0.717, 1.165) is 24.5 Å². The van der Waals surface area contributed by atoms with Gasteiger partial charge in [-0.25, -0.2) is 32.5 Å². The second kappa shape index (κ2) is 11.0. The van der Waals surface area contributed by atoms with Crippen LogP contribution in [0.5, 0.6) is 11.6 Å². The molecule has 0 aliphatic carbocycles. The van der Waals surface area contributed by atoms with Gasteiger partial charge in [-0.1, -0.05) is 12.1 Å². The predicted molar refractivity (Wildman–Crippen MR) is 142 cm³/mol. The Labute approximate surface area is 233 Å². The SMILES string of the molecule is CC(C)Oc1ccc(-c2cc(C(F)(F)F)ccc2C2CCOc3cc(S(=O)(=O)Nc4ncc(F)cn4)ccc32)cn1. The molecule has 1 N–H and O–H groups in total. The maximum Gasteiger partial charge on any atom is 0.416 e. The van der Waals surface area contributed by atoms with Gasteiger partial charge < -0.3 is 9.47 Å². The van der Waals surface area contributed by atoms with E-state index in [2.05, 4.69) is 19.7 Å². The highest BCUT2D eigenvalue weighted by molar-refractivity contribution is 7.92. The Bertz CT molecular complexity index is 1660. The number of halogens is 4. The molecule has 0 fully saturated rings. The monoisotopic (exact) mass is 588 g/mol. The first-order chi connectivity index (χ1) is 19.4. The summed E-state index contributed by atoms with van der Waals surface area (Å²) in [5, 5.41) is 0. The van der Waals surface area contributed by atoms with E-state index in [-0.39, 0.29) is 29.3 Å². The van der Waals surface area contributed by atoms with Crippen LogP contribution in [0.4, 0.5) is 23.5 Å². The van der Waals surface area contributed by atoms with E-state index in [1.54, 1.807) is 18.2 Å². The third-order valence-corrected chi connectivity index (χ3v) is 7.67. The summed E-state index contributed by atoms with van der Waals surface area (Å²) in [5.74, 6) is -0.807. The van der Waals surface area contributed by atoms with Gasteiger partial charge in [-0.15, -0.1) is 0 Å². The molecule has 8 nitrogen and oxygen atoms in total. The molecule has 0 saturated heterocycles. The molecule has 4 aromatic rings. The number of hydrogen-bond acceptors (Lipinski definition) is 7. The molecule has 0 bridgehead atoms. The molecule has 3 heterocycles. The molecule has 13 heteroatoms.